The molecule has 8 heteroatoms. The number of alkyl halides is 2. The van der Waals surface area contributed by atoms with Crippen molar-refractivity contribution in [1.29, 1.82) is 0 Å². The third-order valence-corrected chi connectivity index (χ3v) is 3.71. The lowest BCUT2D eigenvalue weighted by molar-refractivity contribution is -0.193. The predicted molar refractivity (Wildman–Crippen MR) is 75.1 cm³/mol. The number of rotatable bonds is 4. The number of pyridine rings is 1. The van der Waals surface area contributed by atoms with Gasteiger partial charge in [0.15, 0.2) is 5.60 Å². The molecule has 1 heterocycles. The van der Waals surface area contributed by atoms with Crippen molar-refractivity contribution in [3.05, 3.63) is 63.9 Å². The van der Waals surface area contributed by atoms with Crippen LogP contribution in [0.3, 0.4) is 0 Å². The number of nitrogens with two attached hydrogens (primary N) is 1. The molecule has 0 saturated heterocycles. The molecule has 0 amide bonds. The topological polar surface area (TPSA) is 59.1 Å². The molecule has 2 aromatic rings. The number of aromatic nitrogens is 1. The molecule has 118 valence electrons. The van der Waals surface area contributed by atoms with Crippen LogP contribution < -0.4 is 5.73 Å². The average Bonchev–Trinajstić information content (AvgIpc) is 2.46. The Morgan fingerprint density at radius 3 is 2.36 bits per heavy atom. The highest BCUT2D eigenvalue weighted by molar-refractivity contribution is 9.10. The standard InChI is InChI=1S/C14H11BrF4N2O/c15-8-1-4-12(21-6-8)14(18,19)13(22,7-20)10-3-2-9(16)5-11(10)17/h1-6,22H,7,20H2/t13-/m1/s1. The minimum Gasteiger partial charge on any atom is -0.377 e. The summed E-state index contributed by atoms with van der Waals surface area (Å²) in [5.74, 6) is -6.25. The SMILES string of the molecule is NC[C@@](O)(c1ccc(F)cc1F)C(F)(F)c1ccc(Br)cn1. The van der Waals surface area contributed by atoms with Crippen LogP contribution in [0.2, 0.25) is 0 Å². The normalized spacial score (nSPS) is 14.7. The van der Waals surface area contributed by atoms with Crippen molar-refractivity contribution in [2.45, 2.75) is 11.5 Å². The Hall–Kier alpha value is -1.51. The largest absolute Gasteiger partial charge is 0.377 e. The zero-order valence-corrected chi connectivity index (χ0v) is 12.6. The summed E-state index contributed by atoms with van der Waals surface area (Å²) < 4.78 is 56.5. The summed E-state index contributed by atoms with van der Waals surface area (Å²) in [6.45, 7) is -0.986. The molecule has 1 aromatic heterocycles. The van der Waals surface area contributed by atoms with E-state index in [9.17, 15) is 22.7 Å². The quantitative estimate of drug-likeness (QED) is 0.803. The molecule has 0 spiro atoms. The van der Waals surface area contributed by atoms with E-state index in [0.717, 1.165) is 24.4 Å². The minimum atomic E-state index is -3.99. The van der Waals surface area contributed by atoms with E-state index in [1.807, 2.05) is 0 Å². The van der Waals surface area contributed by atoms with Gasteiger partial charge in [-0.1, -0.05) is 6.07 Å². The molecule has 2 rings (SSSR count). The molecule has 0 saturated carbocycles. The molecule has 1 atom stereocenters. The lowest BCUT2D eigenvalue weighted by Gasteiger charge is -2.35. The van der Waals surface area contributed by atoms with E-state index in [0.29, 0.717) is 10.5 Å². The Morgan fingerprint density at radius 1 is 1.18 bits per heavy atom. The summed E-state index contributed by atoms with van der Waals surface area (Å²) in [5.41, 5.74) is 0.623. The lowest BCUT2D eigenvalue weighted by Crippen LogP contribution is -2.50. The maximum absolute atomic E-state index is 14.6. The van der Waals surface area contributed by atoms with Gasteiger partial charge in [0.25, 0.3) is 0 Å². The van der Waals surface area contributed by atoms with Gasteiger partial charge in [0.1, 0.15) is 17.3 Å². The van der Waals surface area contributed by atoms with Crippen LogP contribution in [0.15, 0.2) is 41.0 Å². The molecule has 3 nitrogen and oxygen atoms in total. The van der Waals surface area contributed by atoms with Crippen molar-refractivity contribution in [2.75, 3.05) is 6.54 Å². The van der Waals surface area contributed by atoms with Gasteiger partial charge >= 0.3 is 5.92 Å². The van der Waals surface area contributed by atoms with Gasteiger partial charge in [-0.15, -0.1) is 0 Å². The Bertz CT molecular complexity index is 681. The molecule has 0 aliphatic rings. The van der Waals surface area contributed by atoms with Gasteiger partial charge in [-0.25, -0.2) is 8.78 Å². The van der Waals surface area contributed by atoms with E-state index < -0.39 is 41.0 Å². The Labute approximate surface area is 131 Å². The first kappa shape index (κ1) is 16.9. The average molecular weight is 379 g/mol. The number of benzene rings is 1. The highest BCUT2D eigenvalue weighted by atomic mass is 79.9. The maximum atomic E-state index is 14.6. The fourth-order valence-electron chi connectivity index (χ4n) is 2.01. The number of aliphatic hydroxyl groups is 1. The van der Waals surface area contributed by atoms with Crippen LogP contribution in [0.4, 0.5) is 17.6 Å². The van der Waals surface area contributed by atoms with E-state index in [1.165, 1.54) is 6.07 Å². The molecule has 0 aliphatic heterocycles. The van der Waals surface area contributed by atoms with Gasteiger partial charge in [0.05, 0.1) is 0 Å². The van der Waals surface area contributed by atoms with E-state index in [-0.39, 0.29) is 0 Å². The zero-order valence-electron chi connectivity index (χ0n) is 11.0. The number of halogens is 5. The second-order valence-electron chi connectivity index (χ2n) is 4.62. The molecule has 0 unspecified atom stereocenters. The Balaban J connectivity index is 2.59. The van der Waals surface area contributed by atoms with Crippen molar-refractivity contribution in [3.8, 4) is 0 Å². The smallest absolute Gasteiger partial charge is 0.323 e. The van der Waals surface area contributed by atoms with Crippen LogP contribution in [0.5, 0.6) is 0 Å². The molecule has 0 aliphatic carbocycles. The first-order valence-electron chi connectivity index (χ1n) is 6.10. The van der Waals surface area contributed by atoms with Crippen LogP contribution in [0.1, 0.15) is 11.3 Å². The summed E-state index contributed by atoms with van der Waals surface area (Å²) in [5, 5.41) is 10.3. The number of nitrogens with zero attached hydrogens (tertiary/aromatic N) is 1. The minimum absolute atomic E-state index is 0.404. The van der Waals surface area contributed by atoms with E-state index in [1.54, 1.807) is 0 Å². The highest BCUT2D eigenvalue weighted by Gasteiger charge is 2.56. The van der Waals surface area contributed by atoms with Gasteiger partial charge in [0.2, 0.25) is 0 Å². The molecule has 3 N–H and O–H groups in total. The van der Waals surface area contributed by atoms with Crippen LogP contribution in [-0.4, -0.2) is 16.6 Å². The van der Waals surface area contributed by atoms with Gasteiger partial charge in [-0.2, -0.15) is 8.78 Å². The van der Waals surface area contributed by atoms with Crippen LogP contribution in [0.25, 0.3) is 0 Å². The monoisotopic (exact) mass is 378 g/mol. The second-order valence-corrected chi connectivity index (χ2v) is 5.54. The molecule has 0 bridgehead atoms. The van der Waals surface area contributed by atoms with Crippen molar-refractivity contribution in [1.82, 2.24) is 4.98 Å². The van der Waals surface area contributed by atoms with Gasteiger partial charge in [0, 0.05) is 28.8 Å². The molecule has 22 heavy (non-hydrogen) atoms. The van der Waals surface area contributed by atoms with Gasteiger partial charge in [-0.3, -0.25) is 4.98 Å². The van der Waals surface area contributed by atoms with Crippen LogP contribution >= 0.6 is 15.9 Å². The number of hydrogen-bond donors (Lipinski definition) is 2. The summed E-state index contributed by atoms with van der Waals surface area (Å²) in [4.78, 5) is 3.53. The van der Waals surface area contributed by atoms with Crippen LogP contribution in [0, 0.1) is 11.6 Å². The third-order valence-electron chi connectivity index (χ3n) is 3.24. The van der Waals surface area contributed by atoms with Gasteiger partial charge < -0.3 is 10.8 Å². The van der Waals surface area contributed by atoms with Crippen molar-refractivity contribution in [2.24, 2.45) is 5.73 Å². The third kappa shape index (κ3) is 2.73. The van der Waals surface area contributed by atoms with E-state index in [2.05, 4.69) is 20.9 Å². The second kappa shape index (κ2) is 5.94. The molecule has 0 radical (unpaired) electrons. The summed E-state index contributed by atoms with van der Waals surface area (Å²) >= 11 is 3.05. The van der Waals surface area contributed by atoms with E-state index in [4.69, 9.17) is 5.73 Å². The van der Waals surface area contributed by atoms with Gasteiger partial charge in [-0.05, 0) is 34.1 Å². The van der Waals surface area contributed by atoms with E-state index >= 15 is 0 Å². The summed E-state index contributed by atoms with van der Waals surface area (Å²) in [7, 11) is 0. The fraction of sp³-hybridized carbons (Fsp3) is 0.214. The first-order chi connectivity index (χ1) is 10.2. The molecule has 1 aromatic carbocycles. The van der Waals surface area contributed by atoms with Crippen LogP contribution in [-0.2, 0) is 11.5 Å². The molecular formula is C14H11BrF4N2O. The summed E-state index contributed by atoms with van der Waals surface area (Å²) in [6.07, 6.45) is 1.11. The maximum Gasteiger partial charge on any atom is 0.323 e. The highest BCUT2D eigenvalue weighted by Crippen LogP contribution is 2.45. The molecule has 0 fully saturated rings. The van der Waals surface area contributed by atoms with Crippen molar-refractivity contribution < 1.29 is 22.7 Å². The lowest BCUT2D eigenvalue weighted by atomic mass is 9.85. The Kier molecular flexibility index (Phi) is 4.55. The zero-order chi connectivity index (χ0) is 16.5. The Morgan fingerprint density at radius 2 is 1.86 bits per heavy atom. The number of hydrogen-bond acceptors (Lipinski definition) is 3. The summed E-state index contributed by atoms with van der Waals surface area (Å²) in [6, 6.07) is 4.19. The predicted octanol–water partition coefficient (Wildman–Crippen LogP) is 3.06. The van der Waals surface area contributed by atoms with Crippen molar-refractivity contribution in [3.63, 3.8) is 0 Å². The first-order valence-corrected chi connectivity index (χ1v) is 6.89. The van der Waals surface area contributed by atoms with Crippen molar-refractivity contribution >= 4 is 15.9 Å². The molecular weight excluding hydrogens is 368 g/mol. The fourth-order valence-corrected chi connectivity index (χ4v) is 2.24.